The molecule has 8 heteroatoms. The highest BCUT2D eigenvalue weighted by Crippen LogP contribution is 2.39. The fraction of sp³-hybridized carbons (Fsp3) is 0.242. The smallest absolute Gasteiger partial charge is 0.407 e. The maximum Gasteiger partial charge on any atom is 0.407 e. The van der Waals surface area contributed by atoms with Gasteiger partial charge in [-0.15, -0.1) is 0 Å². The molecule has 0 bridgehead atoms. The van der Waals surface area contributed by atoms with Gasteiger partial charge in [-0.3, -0.25) is 4.68 Å². The van der Waals surface area contributed by atoms with E-state index in [0.717, 1.165) is 51.7 Å². The minimum Gasteiger partial charge on any atom is -0.473 e. The summed E-state index contributed by atoms with van der Waals surface area (Å²) in [7, 11) is 1.93. The number of hydrogen-bond acceptors (Lipinski definition) is 5. The lowest BCUT2D eigenvalue weighted by Gasteiger charge is -2.31. The molecule has 1 aliphatic rings. The Hall–Kier alpha value is -4.85. The van der Waals surface area contributed by atoms with Gasteiger partial charge in [0.2, 0.25) is 11.8 Å². The van der Waals surface area contributed by atoms with Gasteiger partial charge in [-0.2, -0.15) is 10.1 Å². The van der Waals surface area contributed by atoms with Crippen molar-refractivity contribution in [3.63, 3.8) is 0 Å². The van der Waals surface area contributed by atoms with Crippen LogP contribution in [0.2, 0.25) is 0 Å². The standard InChI is InChI=1S/C33H32N4O4/c1-36-31-26(25-14-9-19-37(20-25)33(38)39)15-8-16-27(31)30(35-36)28-17-18-29(40-21-23-10-4-2-5-11-23)34-32(28)41-22-24-12-6-3-7-13-24/h2-8,10-13,15-18,25H,9,14,19-22H2,1H3,(H,38,39). The van der Waals surface area contributed by atoms with Crippen molar-refractivity contribution in [1.82, 2.24) is 19.7 Å². The van der Waals surface area contributed by atoms with Crippen molar-refractivity contribution in [1.29, 1.82) is 0 Å². The number of rotatable bonds is 8. The third kappa shape index (κ3) is 5.72. The Labute approximate surface area is 238 Å². The maximum absolute atomic E-state index is 11.7. The fourth-order valence-electron chi connectivity index (χ4n) is 5.55. The minimum atomic E-state index is -0.867. The maximum atomic E-state index is 11.7. The number of para-hydroxylation sites is 1. The van der Waals surface area contributed by atoms with Gasteiger partial charge in [-0.1, -0.05) is 78.9 Å². The number of aromatic nitrogens is 3. The van der Waals surface area contributed by atoms with Crippen LogP contribution in [0.25, 0.3) is 22.2 Å². The van der Waals surface area contributed by atoms with Crippen molar-refractivity contribution in [2.24, 2.45) is 7.05 Å². The molecule has 3 aromatic carbocycles. The van der Waals surface area contributed by atoms with Crippen molar-refractivity contribution in [2.45, 2.75) is 32.0 Å². The molecule has 0 spiro atoms. The van der Waals surface area contributed by atoms with Gasteiger partial charge in [0.1, 0.15) is 18.9 Å². The summed E-state index contributed by atoms with van der Waals surface area (Å²) in [5.41, 5.74) is 5.73. The Morgan fingerprint density at radius 2 is 1.61 bits per heavy atom. The summed E-state index contributed by atoms with van der Waals surface area (Å²) >= 11 is 0. The predicted molar refractivity (Wildman–Crippen MR) is 157 cm³/mol. The Balaban J connectivity index is 1.36. The number of carboxylic acid groups (broad SMARTS) is 1. The average molecular weight is 549 g/mol. The first-order valence-electron chi connectivity index (χ1n) is 13.8. The first-order chi connectivity index (χ1) is 20.1. The molecular weight excluding hydrogens is 516 g/mol. The summed E-state index contributed by atoms with van der Waals surface area (Å²) < 4.78 is 14.2. The molecule has 208 valence electrons. The third-order valence-electron chi connectivity index (χ3n) is 7.57. The number of fused-ring (bicyclic) bond motifs is 1. The molecule has 3 heterocycles. The molecule has 1 unspecified atom stereocenters. The Kier molecular flexibility index (Phi) is 7.54. The summed E-state index contributed by atoms with van der Waals surface area (Å²) in [5, 5.41) is 15.5. The van der Waals surface area contributed by atoms with Crippen molar-refractivity contribution >= 4 is 17.0 Å². The number of nitrogens with zero attached hydrogens (tertiary/aromatic N) is 4. The monoisotopic (exact) mass is 548 g/mol. The van der Waals surface area contributed by atoms with E-state index in [1.54, 1.807) is 0 Å². The lowest BCUT2D eigenvalue weighted by molar-refractivity contribution is 0.130. The Morgan fingerprint density at radius 3 is 2.32 bits per heavy atom. The molecule has 0 aliphatic carbocycles. The van der Waals surface area contributed by atoms with E-state index in [-0.39, 0.29) is 5.92 Å². The van der Waals surface area contributed by atoms with Gasteiger partial charge >= 0.3 is 6.09 Å². The van der Waals surface area contributed by atoms with Gasteiger partial charge in [0.25, 0.3) is 0 Å². The highest BCUT2D eigenvalue weighted by molar-refractivity contribution is 5.96. The van der Waals surface area contributed by atoms with Crippen LogP contribution < -0.4 is 9.47 Å². The lowest BCUT2D eigenvalue weighted by Crippen LogP contribution is -2.38. The number of hydrogen-bond donors (Lipinski definition) is 1. The Morgan fingerprint density at radius 1 is 0.902 bits per heavy atom. The molecule has 1 aliphatic heterocycles. The second kappa shape index (κ2) is 11.7. The van der Waals surface area contributed by atoms with Crippen molar-refractivity contribution in [3.05, 3.63) is 108 Å². The van der Waals surface area contributed by atoms with Crippen molar-refractivity contribution in [2.75, 3.05) is 13.1 Å². The molecule has 8 nitrogen and oxygen atoms in total. The minimum absolute atomic E-state index is 0.104. The van der Waals surface area contributed by atoms with E-state index in [4.69, 9.17) is 19.6 Å². The molecule has 0 saturated carbocycles. The summed E-state index contributed by atoms with van der Waals surface area (Å²) in [6.45, 7) is 1.81. The molecule has 1 saturated heterocycles. The number of carbonyl (C=O) groups is 1. The number of ether oxygens (including phenoxy) is 2. The largest absolute Gasteiger partial charge is 0.473 e. The molecule has 0 radical (unpaired) electrons. The van der Waals surface area contributed by atoms with Crippen LogP contribution in [-0.2, 0) is 20.3 Å². The van der Waals surface area contributed by atoms with Gasteiger partial charge in [-0.25, -0.2) is 4.79 Å². The number of pyridine rings is 1. The van der Waals surface area contributed by atoms with Crippen LogP contribution in [-0.4, -0.2) is 44.0 Å². The van der Waals surface area contributed by atoms with Crippen LogP contribution in [0, 0.1) is 0 Å². The van der Waals surface area contributed by atoms with Gasteiger partial charge in [0.05, 0.1) is 11.1 Å². The van der Waals surface area contributed by atoms with E-state index < -0.39 is 6.09 Å². The van der Waals surface area contributed by atoms with Crippen LogP contribution in [0.3, 0.4) is 0 Å². The Bertz CT molecular complexity index is 1650. The zero-order valence-corrected chi connectivity index (χ0v) is 22.9. The molecular formula is C33H32N4O4. The summed E-state index contributed by atoms with van der Waals surface area (Å²) in [6, 6.07) is 29.9. The van der Waals surface area contributed by atoms with Crippen molar-refractivity contribution in [3.8, 4) is 23.0 Å². The number of aryl methyl sites for hydroxylation is 1. The summed E-state index contributed by atoms with van der Waals surface area (Å²) in [4.78, 5) is 18.0. The predicted octanol–water partition coefficient (Wildman–Crippen LogP) is 6.65. The molecule has 1 atom stereocenters. The molecule has 1 fully saturated rings. The van der Waals surface area contributed by atoms with Gasteiger partial charge in [0.15, 0.2) is 0 Å². The average Bonchev–Trinajstić information content (AvgIpc) is 3.36. The third-order valence-corrected chi connectivity index (χ3v) is 7.57. The van der Waals surface area contributed by atoms with Crippen LogP contribution in [0.1, 0.15) is 35.4 Å². The quantitative estimate of drug-likeness (QED) is 0.234. The SMILES string of the molecule is Cn1nc(-c2ccc(OCc3ccccc3)nc2OCc2ccccc2)c2cccc(C3CCCN(C(=O)O)C3)c21. The zero-order valence-electron chi connectivity index (χ0n) is 22.9. The fourth-order valence-corrected chi connectivity index (χ4v) is 5.55. The molecule has 2 aromatic heterocycles. The first kappa shape index (κ1) is 26.4. The highest BCUT2D eigenvalue weighted by atomic mass is 16.5. The molecule has 6 rings (SSSR count). The first-order valence-corrected chi connectivity index (χ1v) is 13.8. The van der Waals surface area contributed by atoms with E-state index in [1.165, 1.54) is 4.90 Å². The number of benzene rings is 3. The molecule has 41 heavy (non-hydrogen) atoms. The topological polar surface area (TPSA) is 89.7 Å². The van der Waals surface area contributed by atoms with Crippen LogP contribution in [0.5, 0.6) is 11.8 Å². The van der Waals surface area contributed by atoms with E-state index in [9.17, 15) is 9.90 Å². The van der Waals surface area contributed by atoms with E-state index in [2.05, 4.69) is 12.1 Å². The lowest BCUT2D eigenvalue weighted by atomic mass is 9.89. The molecule has 5 aromatic rings. The van der Waals surface area contributed by atoms with Crippen LogP contribution in [0.4, 0.5) is 4.79 Å². The van der Waals surface area contributed by atoms with Crippen LogP contribution in [0.15, 0.2) is 91.0 Å². The van der Waals surface area contributed by atoms with Gasteiger partial charge in [0, 0.05) is 37.5 Å². The second-order valence-corrected chi connectivity index (χ2v) is 10.3. The van der Waals surface area contributed by atoms with Gasteiger partial charge in [-0.05, 0) is 35.6 Å². The summed E-state index contributed by atoms with van der Waals surface area (Å²) in [6.07, 6.45) is 0.904. The summed E-state index contributed by atoms with van der Waals surface area (Å²) in [5.74, 6) is 1.02. The van der Waals surface area contributed by atoms with E-state index in [0.29, 0.717) is 38.1 Å². The number of piperidine rings is 1. The second-order valence-electron chi connectivity index (χ2n) is 10.3. The molecule has 1 amide bonds. The zero-order chi connectivity index (χ0) is 28.2. The molecule has 1 N–H and O–H groups in total. The van der Waals surface area contributed by atoms with E-state index >= 15 is 0 Å². The highest BCUT2D eigenvalue weighted by Gasteiger charge is 2.28. The van der Waals surface area contributed by atoms with E-state index in [1.807, 2.05) is 90.6 Å². The van der Waals surface area contributed by atoms with Crippen LogP contribution >= 0.6 is 0 Å². The van der Waals surface area contributed by atoms with Crippen molar-refractivity contribution < 1.29 is 19.4 Å². The number of amides is 1. The normalized spacial score (nSPS) is 15.1. The number of likely N-dealkylation sites (tertiary alicyclic amines) is 1. The van der Waals surface area contributed by atoms with Gasteiger partial charge < -0.3 is 19.5 Å².